The van der Waals surface area contributed by atoms with E-state index in [1.807, 2.05) is 6.92 Å². The average molecular weight is 443 g/mol. The molecule has 0 spiro atoms. The van der Waals surface area contributed by atoms with E-state index in [-0.39, 0.29) is 0 Å². The Morgan fingerprint density at radius 2 is 1.48 bits per heavy atom. The summed E-state index contributed by atoms with van der Waals surface area (Å²) in [5.41, 5.74) is 5.82. The normalized spacial score (nSPS) is 23.2. The van der Waals surface area contributed by atoms with E-state index in [9.17, 15) is 0 Å². The monoisotopic (exact) mass is 442 g/mol. The largest absolute Gasteiger partial charge is 0.493 e. The molecule has 0 saturated heterocycles. The summed E-state index contributed by atoms with van der Waals surface area (Å²) in [5.74, 6) is 3.79. The van der Waals surface area contributed by atoms with Crippen molar-refractivity contribution in [3.8, 4) is 16.9 Å². The first-order chi connectivity index (χ1) is 16.3. The van der Waals surface area contributed by atoms with Crippen LogP contribution in [0.25, 0.3) is 11.1 Å². The van der Waals surface area contributed by atoms with Crippen LogP contribution in [0.5, 0.6) is 5.75 Å². The van der Waals surface area contributed by atoms with E-state index in [0.717, 1.165) is 36.5 Å². The van der Waals surface area contributed by atoms with Gasteiger partial charge in [0.2, 0.25) is 0 Å². The number of rotatable bonds is 9. The van der Waals surface area contributed by atoms with Crippen molar-refractivity contribution in [3.05, 3.63) is 77.9 Å². The van der Waals surface area contributed by atoms with Crippen molar-refractivity contribution in [1.29, 1.82) is 0 Å². The van der Waals surface area contributed by atoms with Crippen molar-refractivity contribution >= 4 is 0 Å². The molecule has 0 radical (unpaired) electrons. The van der Waals surface area contributed by atoms with Gasteiger partial charge in [-0.15, -0.1) is 0 Å². The Labute approximate surface area is 202 Å². The number of benzene rings is 2. The molecule has 2 aromatic rings. The minimum atomic E-state index is 0.738. The van der Waals surface area contributed by atoms with Gasteiger partial charge in [-0.3, -0.25) is 0 Å². The van der Waals surface area contributed by atoms with Gasteiger partial charge in [0.05, 0.1) is 6.61 Å². The summed E-state index contributed by atoms with van der Waals surface area (Å²) in [6.45, 7) is 4.92. The van der Waals surface area contributed by atoms with E-state index in [0.29, 0.717) is 0 Å². The highest BCUT2D eigenvalue weighted by molar-refractivity contribution is 5.66. The molecule has 0 aromatic heterocycles. The molecule has 1 fully saturated rings. The Morgan fingerprint density at radius 1 is 0.758 bits per heavy atom. The van der Waals surface area contributed by atoms with Crippen LogP contribution >= 0.6 is 0 Å². The van der Waals surface area contributed by atoms with Crippen LogP contribution in [0.3, 0.4) is 0 Å². The van der Waals surface area contributed by atoms with Gasteiger partial charge in [-0.1, -0.05) is 67.5 Å². The lowest BCUT2D eigenvalue weighted by Crippen LogP contribution is -2.26. The minimum Gasteiger partial charge on any atom is -0.493 e. The summed E-state index contributed by atoms with van der Waals surface area (Å²) in [6.07, 6.45) is 22.2. The molecule has 0 bridgehead atoms. The van der Waals surface area contributed by atoms with E-state index in [4.69, 9.17) is 4.74 Å². The minimum absolute atomic E-state index is 0.738. The van der Waals surface area contributed by atoms with Crippen molar-refractivity contribution in [2.24, 2.45) is 17.8 Å². The van der Waals surface area contributed by atoms with E-state index in [1.54, 1.807) is 11.1 Å². The number of ether oxygens (including phenoxy) is 1. The van der Waals surface area contributed by atoms with Gasteiger partial charge in [-0.05, 0) is 117 Å². The third-order valence-electron chi connectivity index (χ3n) is 7.98. The van der Waals surface area contributed by atoms with E-state index in [1.165, 1.54) is 68.9 Å². The van der Waals surface area contributed by atoms with Gasteiger partial charge in [-0.2, -0.15) is 0 Å². The highest BCUT2D eigenvalue weighted by Crippen LogP contribution is 2.41. The first-order valence-corrected chi connectivity index (χ1v) is 13.3. The molecule has 4 rings (SSSR count). The molecule has 1 unspecified atom stereocenters. The van der Waals surface area contributed by atoms with Crippen molar-refractivity contribution < 1.29 is 4.74 Å². The predicted molar refractivity (Wildman–Crippen MR) is 142 cm³/mol. The maximum absolute atomic E-state index is 5.84. The lowest BCUT2D eigenvalue weighted by atomic mass is 9.69. The molecular formula is C32H42O. The molecule has 1 saturated carbocycles. The molecule has 2 aliphatic carbocycles. The van der Waals surface area contributed by atoms with Crippen LogP contribution in [-0.2, 0) is 12.8 Å². The van der Waals surface area contributed by atoms with Gasteiger partial charge in [0, 0.05) is 0 Å². The second-order valence-corrected chi connectivity index (χ2v) is 10.1. The molecule has 0 aliphatic heterocycles. The van der Waals surface area contributed by atoms with Gasteiger partial charge in [0.1, 0.15) is 5.75 Å². The van der Waals surface area contributed by atoms with Gasteiger partial charge in [-0.25, -0.2) is 0 Å². The topological polar surface area (TPSA) is 9.23 Å². The zero-order valence-electron chi connectivity index (χ0n) is 20.8. The summed E-state index contributed by atoms with van der Waals surface area (Å²) in [4.78, 5) is 0. The van der Waals surface area contributed by atoms with Gasteiger partial charge >= 0.3 is 0 Å². The van der Waals surface area contributed by atoms with E-state index in [2.05, 4.69) is 73.7 Å². The van der Waals surface area contributed by atoms with Crippen molar-refractivity contribution in [2.75, 3.05) is 6.61 Å². The highest BCUT2D eigenvalue weighted by Gasteiger charge is 2.30. The first-order valence-electron chi connectivity index (χ1n) is 13.3. The van der Waals surface area contributed by atoms with Gasteiger partial charge in [0.25, 0.3) is 0 Å². The highest BCUT2D eigenvalue weighted by atomic mass is 16.5. The molecule has 1 atom stereocenters. The van der Waals surface area contributed by atoms with E-state index < -0.39 is 0 Å². The fourth-order valence-corrected chi connectivity index (χ4v) is 5.97. The fraction of sp³-hybridized carbons (Fsp3) is 0.500. The zero-order valence-corrected chi connectivity index (χ0v) is 20.8. The molecule has 1 nitrogen and oxygen atoms in total. The van der Waals surface area contributed by atoms with Crippen LogP contribution in [0.15, 0.2) is 66.8 Å². The van der Waals surface area contributed by atoms with Crippen LogP contribution in [0.2, 0.25) is 0 Å². The Kier molecular flexibility index (Phi) is 8.86. The average Bonchev–Trinajstić information content (AvgIpc) is 2.87. The summed E-state index contributed by atoms with van der Waals surface area (Å²) < 4.78 is 5.84. The lowest BCUT2D eigenvalue weighted by molar-refractivity contribution is 0.185. The van der Waals surface area contributed by atoms with Gasteiger partial charge < -0.3 is 4.74 Å². The Hall–Kier alpha value is -2.28. The van der Waals surface area contributed by atoms with E-state index >= 15 is 0 Å². The summed E-state index contributed by atoms with van der Waals surface area (Å²) in [6, 6.07) is 15.8. The van der Waals surface area contributed by atoms with Crippen LogP contribution in [-0.4, -0.2) is 6.61 Å². The molecule has 0 N–H and O–H groups in total. The molecule has 0 amide bonds. The lowest BCUT2D eigenvalue weighted by Gasteiger charge is -2.36. The molecule has 33 heavy (non-hydrogen) atoms. The maximum Gasteiger partial charge on any atom is 0.119 e. The second-order valence-electron chi connectivity index (χ2n) is 10.1. The van der Waals surface area contributed by atoms with Crippen LogP contribution in [0, 0.1) is 17.8 Å². The fourth-order valence-electron chi connectivity index (χ4n) is 5.97. The first kappa shape index (κ1) is 23.9. The third kappa shape index (κ3) is 6.62. The van der Waals surface area contributed by atoms with Crippen molar-refractivity contribution in [2.45, 2.75) is 78.1 Å². The molecule has 176 valence electrons. The molecule has 1 heteroatoms. The van der Waals surface area contributed by atoms with Crippen LogP contribution in [0.1, 0.15) is 76.3 Å². The Bertz CT molecular complexity index is 912. The number of aryl methyl sites for hydroxylation is 1. The number of hydrogen-bond donors (Lipinski definition) is 0. The predicted octanol–water partition coefficient (Wildman–Crippen LogP) is 8.97. The van der Waals surface area contributed by atoms with Crippen molar-refractivity contribution in [1.82, 2.24) is 0 Å². The quantitative estimate of drug-likeness (QED) is 0.278. The number of allylic oxidation sites excluding steroid dienone is 3. The van der Waals surface area contributed by atoms with Gasteiger partial charge in [0.15, 0.2) is 0 Å². The Balaban J connectivity index is 1.31. The summed E-state index contributed by atoms with van der Waals surface area (Å²) in [7, 11) is 0. The SMILES string of the molecule is C/C=C/CCOc1ccc(-c2ccc3c(c2)CCC(C2CCC(CC/C=C/C)CC2)C3)cc1. The standard InChI is InChI=1S/C32H42O/c1-3-5-7-9-25-10-12-26(13-11-25)28-14-16-31-24-29(15-17-30(31)23-28)27-18-20-32(21-19-27)33-22-8-6-4-2/h3-6,15,17-21,24-26,28H,7-14,16,22-23H2,1-2H3/b5-3+,6-4+. The third-order valence-corrected chi connectivity index (χ3v) is 7.98. The summed E-state index contributed by atoms with van der Waals surface area (Å²) in [5, 5.41) is 0. The maximum atomic E-state index is 5.84. The van der Waals surface area contributed by atoms with Crippen LogP contribution in [0.4, 0.5) is 0 Å². The molecule has 2 aromatic carbocycles. The van der Waals surface area contributed by atoms with Crippen molar-refractivity contribution in [3.63, 3.8) is 0 Å². The molecule has 0 heterocycles. The molecular weight excluding hydrogens is 400 g/mol. The summed E-state index contributed by atoms with van der Waals surface area (Å²) >= 11 is 0. The van der Waals surface area contributed by atoms with Crippen LogP contribution < -0.4 is 4.74 Å². The smallest absolute Gasteiger partial charge is 0.119 e. The zero-order chi connectivity index (χ0) is 22.9. The second kappa shape index (κ2) is 12.3. The number of fused-ring (bicyclic) bond motifs is 1. The molecule has 2 aliphatic rings. The Morgan fingerprint density at radius 3 is 2.24 bits per heavy atom. The number of hydrogen-bond acceptors (Lipinski definition) is 1.